The molecule has 652 valence electrons. The molecule has 0 unspecified atom stereocenters. The van der Waals surface area contributed by atoms with E-state index < -0.39 is 170 Å². The number of fused-ring (bicyclic) bond motifs is 8. The standard InChI is InChI=1S/C88H88N4O32/c1-41(93)109-69-37-105-85(81(117-49(9)101)77(69)113-45(5)97)121-57-21-13-53(14-22-57)73-61-29-31-63(89-61)74(54-15-23-58(24-16-54)122-86-82(118-50(10)102)78(114-46(6)98)70(38-106-86)110-42(2)94)65-33-35-67(91-65)76(56-19-27-60(28-20-56)124-88-84(120-52(12)104)80(116-48(8)100)72(40-108-88)112-44(4)96)68-36-34-66(92-68)75(64-32-30-62(73)90-64)55-17-25-59(26-18-55)123-87-83(119-51(11)103)79(115-47(7)99)71(39-107-87)111-43(3)95/h13-36,69-72,77-92H,37-40H2,1-12H3/t69-,70-,71-,72-,77+,78+,79+,80+,81-,82-,83-,84-,85+,86+,87+,88+/m1/s1. The first-order chi connectivity index (χ1) is 59.3. The highest BCUT2D eigenvalue weighted by molar-refractivity contribution is 5.86. The van der Waals surface area contributed by atoms with Crippen molar-refractivity contribution in [2.75, 3.05) is 26.4 Å². The van der Waals surface area contributed by atoms with Crippen LogP contribution >= 0.6 is 0 Å². The molecule has 4 aromatic heterocycles. The molecule has 0 spiro atoms. The molecule has 8 aromatic rings. The molecule has 0 aliphatic carbocycles. The molecule has 0 saturated carbocycles. The molecule has 4 N–H and O–H groups in total. The smallest absolute Gasteiger partial charge is 0.303 e. The summed E-state index contributed by atoms with van der Waals surface area (Å²) in [5.74, 6) is -8.13. The fraction of sp³-hybridized carbons (Fsp3) is 0.364. The molecular formula is C88H88N4O32. The van der Waals surface area contributed by atoms with Crippen LogP contribution in [0.1, 0.15) is 128 Å². The lowest BCUT2D eigenvalue weighted by molar-refractivity contribution is -0.259. The Balaban J connectivity index is 0.968. The van der Waals surface area contributed by atoms with Gasteiger partial charge in [-0.3, -0.25) is 57.5 Å². The second-order valence-corrected chi connectivity index (χ2v) is 29.2. The van der Waals surface area contributed by atoms with E-state index in [2.05, 4.69) is 19.9 Å². The van der Waals surface area contributed by atoms with Gasteiger partial charge in [0.05, 0.1) is 26.4 Å². The number of esters is 12. The number of H-pyrrole nitrogens is 4. The minimum atomic E-state index is -1.42. The van der Waals surface area contributed by atoms with Crippen molar-refractivity contribution in [2.24, 2.45) is 0 Å². The van der Waals surface area contributed by atoms with E-state index in [0.29, 0.717) is 88.7 Å². The number of hydrogen-bond donors (Lipinski definition) is 4. The Kier molecular flexibility index (Phi) is 27.3. The molecule has 4 aromatic carbocycles. The maximum absolute atomic E-state index is 12.7. The quantitative estimate of drug-likeness (QED) is 0.0480. The number of aromatic nitrogens is 4. The van der Waals surface area contributed by atoms with Crippen molar-refractivity contribution in [1.29, 1.82) is 0 Å². The van der Waals surface area contributed by atoms with Gasteiger partial charge in [0.1, 0.15) is 23.0 Å². The molecule has 5 aliphatic rings. The van der Waals surface area contributed by atoms with Gasteiger partial charge in [-0.05, 0) is 119 Å². The predicted molar refractivity (Wildman–Crippen MR) is 422 cm³/mol. The Morgan fingerprint density at radius 2 is 0.387 bits per heavy atom. The number of rotatable bonds is 24. The van der Waals surface area contributed by atoms with Gasteiger partial charge in [0.25, 0.3) is 0 Å². The lowest BCUT2D eigenvalue weighted by Crippen LogP contribution is -2.59. The summed E-state index contributed by atoms with van der Waals surface area (Å²) < 4.78 is 117. The van der Waals surface area contributed by atoms with E-state index in [4.69, 9.17) is 94.7 Å². The second-order valence-electron chi connectivity index (χ2n) is 29.2. The van der Waals surface area contributed by atoms with Crippen molar-refractivity contribution >= 4 is 93.9 Å². The van der Waals surface area contributed by atoms with Crippen LogP contribution in [-0.2, 0) is 133 Å². The van der Waals surface area contributed by atoms with E-state index in [1.807, 2.05) is 48.5 Å². The highest BCUT2D eigenvalue weighted by Gasteiger charge is 2.53. The molecule has 9 heterocycles. The zero-order chi connectivity index (χ0) is 88.5. The first-order valence-electron chi connectivity index (χ1n) is 39.1. The largest absolute Gasteiger partial charge is 0.461 e. The van der Waals surface area contributed by atoms with Crippen LogP contribution in [0.25, 0.3) is 22.3 Å². The van der Waals surface area contributed by atoms with E-state index in [1.54, 1.807) is 97.1 Å². The van der Waals surface area contributed by atoms with Gasteiger partial charge in [-0.1, -0.05) is 48.5 Å². The number of ether oxygens (including phenoxy) is 20. The number of aromatic amines is 4. The number of benzene rings is 4. The molecular weight excluding hydrogens is 1620 g/mol. The molecule has 36 heteroatoms. The fourth-order valence-corrected chi connectivity index (χ4v) is 15.1. The molecule has 124 heavy (non-hydrogen) atoms. The van der Waals surface area contributed by atoms with Crippen LogP contribution in [0.15, 0.2) is 146 Å². The summed E-state index contributed by atoms with van der Waals surface area (Å²) in [6.07, 6.45) is -21.2. The average Bonchev–Trinajstić information content (AvgIpc) is 1.59. The average molecular weight is 1710 g/mol. The van der Waals surface area contributed by atoms with Gasteiger partial charge in [-0.2, -0.15) is 0 Å². The monoisotopic (exact) mass is 1710 g/mol. The summed E-state index contributed by atoms with van der Waals surface area (Å²) in [5, 5.41) is 2.21. The highest BCUT2D eigenvalue weighted by atomic mass is 16.8. The van der Waals surface area contributed by atoms with E-state index in [0.717, 1.165) is 55.4 Å². The maximum Gasteiger partial charge on any atom is 0.303 e. The highest BCUT2D eigenvalue weighted by Crippen LogP contribution is 2.37. The van der Waals surface area contributed by atoms with Crippen molar-refractivity contribution in [1.82, 2.24) is 19.9 Å². The number of carbonyl (C=O) groups excluding carboxylic acids is 12. The first kappa shape index (κ1) is 88.0. The van der Waals surface area contributed by atoms with E-state index >= 15 is 0 Å². The van der Waals surface area contributed by atoms with Gasteiger partial charge in [0.2, 0.25) is 49.6 Å². The van der Waals surface area contributed by atoms with Crippen LogP contribution in [0.4, 0.5) is 0 Å². The Morgan fingerprint density at radius 1 is 0.218 bits per heavy atom. The molecule has 36 nitrogen and oxygen atoms in total. The van der Waals surface area contributed by atoms with Crippen molar-refractivity contribution in [3.63, 3.8) is 0 Å². The zero-order valence-electron chi connectivity index (χ0n) is 69.0. The Bertz CT molecular complexity index is 4950. The molecule has 4 saturated heterocycles. The van der Waals surface area contributed by atoms with Gasteiger partial charge in [0.15, 0.2) is 48.8 Å². The van der Waals surface area contributed by atoms with Crippen LogP contribution in [0.3, 0.4) is 0 Å². The molecule has 16 atom stereocenters. The fourth-order valence-electron chi connectivity index (χ4n) is 15.1. The summed E-state index contributed by atoms with van der Waals surface area (Å²) >= 11 is 0. The Labute approximate surface area is 706 Å². The van der Waals surface area contributed by atoms with Crippen LogP contribution in [0.2, 0.25) is 0 Å². The van der Waals surface area contributed by atoms with E-state index in [1.165, 1.54) is 27.7 Å². The SMILES string of the molecule is CC(=O)O[C@@H]1[C@@H](OC(C)=O)[C@H](Oc2ccc(C3=c4ccc([nH]4)=C(c4ccc(O[C@@H]5OC[C@@H](OC(C)=O)[C@H](OC(C)=O)[C@H]5OC(C)=O)cc4)c4ccc([nH]4)C(c4ccc(O[C@@H]5OC[C@@H](OC(C)=O)[C@H](OC(C)=O)[C@H]5OC(C)=O)cc4)=c4ccc([nH]4)=C(c4ccc(O[C@@H]5OC[C@@H](OC(C)=O)[C@H](OC(C)=O)[C@H]5OC(C)=O)cc4)c4ccc3[nH]4)cc2)OC[C@H]1OC(C)=O. The van der Waals surface area contributed by atoms with Crippen LogP contribution < -0.4 is 40.3 Å². The number of nitrogens with one attached hydrogen (secondary N) is 4. The number of hydrogen-bond acceptors (Lipinski definition) is 32. The van der Waals surface area contributed by atoms with Crippen molar-refractivity contribution < 1.29 is 152 Å². The maximum atomic E-state index is 12.7. The predicted octanol–water partition coefficient (Wildman–Crippen LogP) is 4.42. The van der Waals surface area contributed by atoms with Crippen molar-refractivity contribution in [2.45, 2.75) is 181 Å². The van der Waals surface area contributed by atoms with Gasteiger partial charge >= 0.3 is 71.6 Å². The normalized spacial score (nSPS) is 24.0. The lowest BCUT2D eigenvalue weighted by Gasteiger charge is -2.40. The minimum Gasteiger partial charge on any atom is -0.461 e. The summed E-state index contributed by atoms with van der Waals surface area (Å²) in [4.78, 5) is 165. The van der Waals surface area contributed by atoms with Crippen molar-refractivity contribution in [3.05, 3.63) is 212 Å². The third-order valence-corrected chi connectivity index (χ3v) is 19.7. The molecule has 4 fully saturated rings. The van der Waals surface area contributed by atoms with Crippen LogP contribution in [0.5, 0.6) is 23.0 Å². The van der Waals surface area contributed by atoms with E-state index in [-0.39, 0.29) is 49.4 Å². The molecule has 8 bridgehead atoms. The third-order valence-electron chi connectivity index (χ3n) is 19.7. The molecule has 13 rings (SSSR count). The summed E-state index contributed by atoms with van der Waals surface area (Å²) in [7, 11) is 0. The Hall–Kier alpha value is -13.8. The van der Waals surface area contributed by atoms with Gasteiger partial charge in [0, 0.05) is 150 Å². The molecule has 0 amide bonds. The summed E-state index contributed by atoms with van der Waals surface area (Å²) in [6, 6.07) is 42.6. The molecule has 0 radical (unpaired) electrons. The van der Waals surface area contributed by atoms with Crippen LogP contribution in [0, 0.1) is 0 Å². The summed E-state index contributed by atoms with van der Waals surface area (Å²) in [6.45, 7) is 12.6. The first-order valence-corrected chi connectivity index (χ1v) is 39.1. The van der Waals surface area contributed by atoms with Gasteiger partial charge in [-0.15, -0.1) is 0 Å². The lowest BCUT2D eigenvalue weighted by atomic mass is 10.0. The van der Waals surface area contributed by atoms with Gasteiger partial charge in [-0.25, -0.2) is 0 Å². The van der Waals surface area contributed by atoms with Crippen molar-refractivity contribution in [3.8, 4) is 23.0 Å². The van der Waals surface area contributed by atoms with Gasteiger partial charge < -0.3 is 115 Å². The summed E-state index contributed by atoms with van der Waals surface area (Å²) in [5.41, 5.74) is 6.99. The Morgan fingerprint density at radius 3 is 0.556 bits per heavy atom. The van der Waals surface area contributed by atoms with E-state index in [9.17, 15) is 57.5 Å². The third kappa shape index (κ3) is 21.2. The zero-order valence-corrected chi connectivity index (χ0v) is 69.0. The topological polar surface area (TPSA) is 453 Å². The van der Waals surface area contributed by atoms with Crippen LogP contribution in [-0.4, -0.2) is 216 Å². The minimum absolute atomic E-state index is 0.207. The number of carbonyl (C=O) groups is 12. The second kappa shape index (κ2) is 38.5. The molecule has 5 aliphatic heterocycles.